The smallest absolute Gasteiger partial charge is 0.296 e. The van der Waals surface area contributed by atoms with Gasteiger partial charge in [-0.05, 0) is 54.8 Å². The van der Waals surface area contributed by atoms with E-state index in [0.717, 1.165) is 32.1 Å². The number of carbonyl (C=O) groups is 2. The van der Waals surface area contributed by atoms with E-state index < -0.39 is 17.7 Å². The van der Waals surface area contributed by atoms with Crippen LogP contribution in [0.25, 0.3) is 5.76 Å². The summed E-state index contributed by atoms with van der Waals surface area (Å²) in [5.74, 6) is 0.174. The molecule has 38 heavy (non-hydrogen) atoms. The molecule has 1 aliphatic heterocycles. The molecule has 7 heteroatoms. The van der Waals surface area contributed by atoms with Crippen molar-refractivity contribution in [2.24, 2.45) is 0 Å². The maximum Gasteiger partial charge on any atom is 0.296 e. The van der Waals surface area contributed by atoms with Gasteiger partial charge in [0.05, 0.1) is 37.6 Å². The van der Waals surface area contributed by atoms with E-state index in [1.54, 1.807) is 36.4 Å². The highest BCUT2D eigenvalue weighted by atomic mass is 16.5. The van der Waals surface area contributed by atoms with Crippen LogP contribution in [0.15, 0.2) is 76.9 Å². The SMILES string of the molecule is CCCCCOc1ccc(C2C(=C(O)c3cccc(OCCCC)c3)C(=O)C(=O)N2Cc2ccco2)cc1. The fourth-order valence-electron chi connectivity index (χ4n) is 4.47. The van der Waals surface area contributed by atoms with Gasteiger partial charge in [0.25, 0.3) is 11.7 Å². The Balaban J connectivity index is 1.69. The first kappa shape index (κ1) is 27.0. The summed E-state index contributed by atoms with van der Waals surface area (Å²) in [7, 11) is 0. The van der Waals surface area contributed by atoms with E-state index in [-0.39, 0.29) is 17.9 Å². The van der Waals surface area contributed by atoms with Gasteiger partial charge in [0.2, 0.25) is 0 Å². The van der Waals surface area contributed by atoms with Crippen LogP contribution in [0.3, 0.4) is 0 Å². The number of ether oxygens (including phenoxy) is 2. The van der Waals surface area contributed by atoms with Crippen LogP contribution in [0.1, 0.15) is 68.9 Å². The average molecular weight is 518 g/mol. The number of rotatable bonds is 13. The molecule has 3 aromatic rings. The Hall–Kier alpha value is -4.00. The highest BCUT2D eigenvalue weighted by molar-refractivity contribution is 6.46. The number of furan rings is 1. The number of ketones is 1. The topological polar surface area (TPSA) is 89.2 Å². The number of carbonyl (C=O) groups excluding carboxylic acids is 2. The van der Waals surface area contributed by atoms with Crippen LogP contribution >= 0.6 is 0 Å². The molecule has 1 amide bonds. The minimum atomic E-state index is -0.793. The van der Waals surface area contributed by atoms with E-state index in [1.807, 2.05) is 24.3 Å². The number of likely N-dealkylation sites (tertiary alicyclic amines) is 1. The molecule has 7 nitrogen and oxygen atoms in total. The lowest BCUT2D eigenvalue weighted by Crippen LogP contribution is -2.29. The van der Waals surface area contributed by atoms with E-state index >= 15 is 0 Å². The minimum Gasteiger partial charge on any atom is -0.507 e. The van der Waals surface area contributed by atoms with Gasteiger partial charge in [0.15, 0.2) is 0 Å². The fourth-order valence-corrected chi connectivity index (χ4v) is 4.47. The van der Waals surface area contributed by atoms with Crippen molar-refractivity contribution in [3.05, 3.63) is 89.4 Å². The summed E-state index contributed by atoms with van der Waals surface area (Å²) < 4.78 is 17.1. The average Bonchev–Trinajstić information content (AvgIpc) is 3.54. The Morgan fingerprint density at radius 2 is 1.63 bits per heavy atom. The molecule has 1 N–H and O–H groups in total. The van der Waals surface area contributed by atoms with Gasteiger partial charge in [-0.25, -0.2) is 0 Å². The lowest BCUT2D eigenvalue weighted by molar-refractivity contribution is -0.140. The third-order valence-electron chi connectivity index (χ3n) is 6.53. The van der Waals surface area contributed by atoms with Crippen molar-refractivity contribution in [2.45, 2.75) is 58.5 Å². The summed E-state index contributed by atoms with van der Waals surface area (Å²) in [5.41, 5.74) is 1.13. The van der Waals surface area contributed by atoms with Gasteiger partial charge >= 0.3 is 0 Å². The standard InChI is InChI=1S/C31H35NO6/c1-3-5-7-18-36-24-15-13-22(14-16-24)28-27(30(34)31(35)32(28)21-26-12-9-19-38-26)29(33)23-10-8-11-25(20-23)37-17-6-4-2/h8-16,19-20,28,33H,3-7,17-18,21H2,1-2H3. The molecule has 0 bridgehead atoms. The quantitative estimate of drug-likeness (QED) is 0.118. The van der Waals surface area contributed by atoms with E-state index in [9.17, 15) is 14.7 Å². The van der Waals surface area contributed by atoms with E-state index in [0.29, 0.717) is 41.6 Å². The van der Waals surface area contributed by atoms with Gasteiger partial charge in [-0.1, -0.05) is 57.4 Å². The Morgan fingerprint density at radius 3 is 2.34 bits per heavy atom. The van der Waals surface area contributed by atoms with Gasteiger partial charge in [-0.3, -0.25) is 9.59 Å². The minimum absolute atomic E-state index is 0.0314. The second kappa shape index (κ2) is 13.0. The lowest BCUT2D eigenvalue weighted by atomic mass is 9.95. The van der Waals surface area contributed by atoms with E-state index in [1.165, 1.54) is 11.2 Å². The summed E-state index contributed by atoms with van der Waals surface area (Å²) in [6.07, 6.45) is 6.63. The largest absolute Gasteiger partial charge is 0.507 e. The first-order valence-electron chi connectivity index (χ1n) is 13.3. The van der Waals surface area contributed by atoms with Crippen molar-refractivity contribution < 1.29 is 28.6 Å². The third-order valence-corrected chi connectivity index (χ3v) is 6.53. The van der Waals surface area contributed by atoms with Gasteiger partial charge in [0, 0.05) is 5.56 Å². The van der Waals surface area contributed by atoms with Crippen LogP contribution in [-0.4, -0.2) is 34.9 Å². The van der Waals surface area contributed by atoms with Crippen molar-refractivity contribution in [3.8, 4) is 11.5 Å². The van der Waals surface area contributed by atoms with E-state index in [4.69, 9.17) is 13.9 Å². The number of nitrogens with zero attached hydrogens (tertiary/aromatic N) is 1. The van der Waals surface area contributed by atoms with Crippen molar-refractivity contribution in [1.29, 1.82) is 0 Å². The highest BCUT2D eigenvalue weighted by Crippen LogP contribution is 2.41. The molecule has 0 spiro atoms. The maximum atomic E-state index is 13.3. The first-order valence-corrected chi connectivity index (χ1v) is 13.3. The molecule has 1 aromatic heterocycles. The van der Waals surface area contributed by atoms with Crippen LogP contribution in [0.4, 0.5) is 0 Å². The molecule has 1 fully saturated rings. The molecule has 2 aromatic carbocycles. The number of hydrogen-bond acceptors (Lipinski definition) is 6. The highest BCUT2D eigenvalue weighted by Gasteiger charge is 2.46. The van der Waals surface area contributed by atoms with Crippen molar-refractivity contribution in [1.82, 2.24) is 4.90 Å². The summed E-state index contributed by atoms with van der Waals surface area (Å²) in [4.78, 5) is 28.0. The van der Waals surface area contributed by atoms with Gasteiger partial charge in [-0.15, -0.1) is 0 Å². The normalized spacial score (nSPS) is 16.7. The Kier molecular flexibility index (Phi) is 9.25. The summed E-state index contributed by atoms with van der Waals surface area (Å²) in [5, 5.41) is 11.4. The van der Waals surface area contributed by atoms with Crippen LogP contribution in [0, 0.1) is 0 Å². The second-order valence-electron chi connectivity index (χ2n) is 9.36. The first-order chi connectivity index (χ1) is 18.5. The third kappa shape index (κ3) is 6.28. The number of hydrogen-bond donors (Lipinski definition) is 1. The molecule has 1 saturated heterocycles. The zero-order chi connectivity index (χ0) is 26.9. The lowest BCUT2D eigenvalue weighted by Gasteiger charge is -2.24. The van der Waals surface area contributed by atoms with Gasteiger partial charge in [-0.2, -0.15) is 0 Å². The summed E-state index contributed by atoms with van der Waals surface area (Å²) >= 11 is 0. The monoisotopic (exact) mass is 517 g/mol. The molecular weight excluding hydrogens is 482 g/mol. The molecule has 0 radical (unpaired) electrons. The zero-order valence-corrected chi connectivity index (χ0v) is 22.0. The molecule has 200 valence electrons. The predicted molar refractivity (Wildman–Crippen MR) is 145 cm³/mol. The zero-order valence-electron chi connectivity index (χ0n) is 22.0. The van der Waals surface area contributed by atoms with Gasteiger partial charge in [0.1, 0.15) is 23.0 Å². The number of aliphatic hydroxyl groups excluding tert-OH is 1. The molecule has 1 aliphatic rings. The molecule has 1 unspecified atom stereocenters. The molecule has 0 saturated carbocycles. The fraction of sp³-hybridized carbons (Fsp3) is 0.355. The van der Waals surface area contributed by atoms with Crippen molar-refractivity contribution >= 4 is 17.4 Å². The molecule has 2 heterocycles. The number of amides is 1. The number of benzene rings is 2. The molecule has 1 atom stereocenters. The summed E-state index contributed by atoms with van der Waals surface area (Å²) in [6, 6.07) is 17.0. The summed E-state index contributed by atoms with van der Waals surface area (Å²) in [6.45, 7) is 5.50. The number of unbranched alkanes of at least 4 members (excludes halogenated alkanes) is 3. The molecular formula is C31H35NO6. The van der Waals surface area contributed by atoms with Crippen molar-refractivity contribution in [2.75, 3.05) is 13.2 Å². The van der Waals surface area contributed by atoms with E-state index in [2.05, 4.69) is 13.8 Å². The Morgan fingerprint density at radius 1 is 0.895 bits per heavy atom. The van der Waals surface area contributed by atoms with Crippen LogP contribution in [0.5, 0.6) is 11.5 Å². The van der Waals surface area contributed by atoms with Crippen molar-refractivity contribution in [3.63, 3.8) is 0 Å². The van der Waals surface area contributed by atoms with Gasteiger partial charge < -0.3 is 23.9 Å². The second-order valence-corrected chi connectivity index (χ2v) is 9.36. The number of Topliss-reactive ketones (excluding diaryl/α,β-unsaturated/α-hetero) is 1. The van der Waals surface area contributed by atoms with Crippen LogP contribution in [0.2, 0.25) is 0 Å². The predicted octanol–water partition coefficient (Wildman–Crippen LogP) is 6.65. The van der Waals surface area contributed by atoms with Crippen LogP contribution < -0.4 is 9.47 Å². The maximum absolute atomic E-state index is 13.3. The van der Waals surface area contributed by atoms with Crippen LogP contribution in [-0.2, 0) is 16.1 Å². The number of aliphatic hydroxyl groups is 1. The molecule has 4 rings (SSSR count). The molecule has 0 aliphatic carbocycles. The Labute approximate surface area is 223 Å². The Bertz CT molecular complexity index is 1250.